The zero-order valence-corrected chi connectivity index (χ0v) is 8.41. The Morgan fingerprint density at radius 2 is 2.06 bits per heavy atom. The molecule has 0 atom stereocenters. The fourth-order valence-corrected chi connectivity index (χ4v) is 1.69. The molecule has 2 aromatic heterocycles. The number of pyridine rings is 1. The third-order valence-electron chi connectivity index (χ3n) is 2.51. The number of hydrogen-bond donors (Lipinski definition) is 1. The molecule has 3 aromatic rings. The highest BCUT2D eigenvalue weighted by Gasteiger charge is 2.02. The van der Waals surface area contributed by atoms with E-state index in [2.05, 4.69) is 9.97 Å². The zero-order valence-electron chi connectivity index (χ0n) is 8.41. The molecule has 0 spiro atoms. The average molecular weight is 211 g/mol. The molecule has 3 rings (SSSR count). The fraction of sp³-hybridized carbons (Fsp3) is 0. The minimum Gasteiger partial charge on any atom is -0.507 e. The Bertz CT molecular complexity index is 632. The SMILES string of the molecule is Oc1ccnc2cc(-n3ccnc3)ccc12. The van der Waals surface area contributed by atoms with Crippen molar-refractivity contribution in [2.24, 2.45) is 0 Å². The molecule has 0 bridgehead atoms. The Balaban J connectivity index is 2.24. The zero-order chi connectivity index (χ0) is 11.0. The molecule has 0 radical (unpaired) electrons. The number of imidazole rings is 1. The maximum absolute atomic E-state index is 9.63. The molecule has 2 heterocycles. The predicted molar refractivity (Wildman–Crippen MR) is 60.5 cm³/mol. The van der Waals surface area contributed by atoms with Crippen LogP contribution in [0.3, 0.4) is 0 Å². The van der Waals surface area contributed by atoms with Crippen molar-refractivity contribution in [2.45, 2.75) is 0 Å². The summed E-state index contributed by atoms with van der Waals surface area (Å²) in [5, 5.41) is 10.4. The second kappa shape index (κ2) is 3.34. The van der Waals surface area contributed by atoms with E-state index in [9.17, 15) is 5.11 Å². The summed E-state index contributed by atoms with van der Waals surface area (Å²) in [6, 6.07) is 7.27. The van der Waals surface area contributed by atoms with E-state index in [1.165, 1.54) is 0 Å². The third-order valence-corrected chi connectivity index (χ3v) is 2.51. The quantitative estimate of drug-likeness (QED) is 0.670. The molecule has 0 aliphatic heterocycles. The van der Waals surface area contributed by atoms with Gasteiger partial charge in [0.15, 0.2) is 0 Å². The summed E-state index contributed by atoms with van der Waals surface area (Å²) in [7, 11) is 0. The van der Waals surface area contributed by atoms with Crippen molar-refractivity contribution in [3.8, 4) is 11.4 Å². The van der Waals surface area contributed by atoms with Crippen molar-refractivity contribution in [1.29, 1.82) is 0 Å². The number of nitrogens with zero attached hydrogens (tertiary/aromatic N) is 3. The van der Waals surface area contributed by atoms with Crippen LogP contribution in [0.4, 0.5) is 0 Å². The van der Waals surface area contributed by atoms with Crippen LogP contribution in [-0.4, -0.2) is 19.6 Å². The van der Waals surface area contributed by atoms with Gasteiger partial charge in [-0.05, 0) is 24.3 Å². The number of fused-ring (bicyclic) bond motifs is 1. The highest BCUT2D eigenvalue weighted by Crippen LogP contribution is 2.24. The molecule has 0 saturated carbocycles. The van der Waals surface area contributed by atoms with Crippen LogP contribution in [0.5, 0.6) is 5.75 Å². The van der Waals surface area contributed by atoms with Crippen molar-refractivity contribution < 1.29 is 5.11 Å². The van der Waals surface area contributed by atoms with Crippen LogP contribution in [0, 0.1) is 0 Å². The Kier molecular flexibility index (Phi) is 1.86. The first-order valence-corrected chi connectivity index (χ1v) is 4.91. The molecule has 0 unspecified atom stereocenters. The third kappa shape index (κ3) is 1.32. The van der Waals surface area contributed by atoms with Crippen LogP contribution in [0.1, 0.15) is 0 Å². The number of rotatable bonds is 1. The van der Waals surface area contributed by atoms with Gasteiger partial charge in [0, 0.05) is 29.7 Å². The van der Waals surface area contributed by atoms with Gasteiger partial charge < -0.3 is 9.67 Å². The van der Waals surface area contributed by atoms with E-state index < -0.39 is 0 Å². The van der Waals surface area contributed by atoms with E-state index in [1.54, 1.807) is 24.8 Å². The van der Waals surface area contributed by atoms with Gasteiger partial charge in [-0.3, -0.25) is 4.98 Å². The molecule has 16 heavy (non-hydrogen) atoms. The predicted octanol–water partition coefficient (Wildman–Crippen LogP) is 2.13. The van der Waals surface area contributed by atoms with E-state index in [1.807, 2.05) is 29.0 Å². The normalized spacial score (nSPS) is 10.8. The van der Waals surface area contributed by atoms with Crippen LogP contribution in [0.2, 0.25) is 0 Å². The highest BCUT2D eigenvalue weighted by atomic mass is 16.3. The topological polar surface area (TPSA) is 50.9 Å². The minimum absolute atomic E-state index is 0.252. The molecule has 0 saturated heterocycles. The molecule has 0 aliphatic rings. The summed E-state index contributed by atoms with van der Waals surface area (Å²) in [6.07, 6.45) is 6.91. The molecule has 0 fully saturated rings. The standard InChI is InChI=1S/C12H9N3O/c16-12-3-4-14-11-7-9(1-2-10(11)12)15-6-5-13-8-15/h1-8H,(H,14,16). The molecule has 78 valence electrons. The van der Waals surface area contributed by atoms with Gasteiger partial charge in [0.2, 0.25) is 0 Å². The number of aromatic hydroxyl groups is 1. The van der Waals surface area contributed by atoms with Crippen molar-refractivity contribution in [2.75, 3.05) is 0 Å². The van der Waals surface area contributed by atoms with Crippen LogP contribution >= 0.6 is 0 Å². The Morgan fingerprint density at radius 1 is 1.12 bits per heavy atom. The molecule has 0 amide bonds. The highest BCUT2D eigenvalue weighted by molar-refractivity contribution is 5.86. The van der Waals surface area contributed by atoms with Gasteiger partial charge in [-0.25, -0.2) is 4.98 Å². The molecule has 1 aromatic carbocycles. The van der Waals surface area contributed by atoms with Crippen molar-refractivity contribution in [3.05, 3.63) is 49.2 Å². The molecule has 0 aliphatic carbocycles. The molecular formula is C12H9N3O. The van der Waals surface area contributed by atoms with Crippen molar-refractivity contribution in [3.63, 3.8) is 0 Å². The lowest BCUT2D eigenvalue weighted by Crippen LogP contribution is -1.90. The van der Waals surface area contributed by atoms with Gasteiger partial charge in [0.25, 0.3) is 0 Å². The van der Waals surface area contributed by atoms with E-state index in [4.69, 9.17) is 0 Å². The Hall–Kier alpha value is -2.36. The van der Waals surface area contributed by atoms with Gasteiger partial charge in [0.1, 0.15) is 5.75 Å². The van der Waals surface area contributed by atoms with Crippen LogP contribution in [0.15, 0.2) is 49.2 Å². The number of hydrogen-bond acceptors (Lipinski definition) is 3. The maximum atomic E-state index is 9.63. The van der Waals surface area contributed by atoms with Crippen LogP contribution < -0.4 is 0 Å². The summed E-state index contributed by atoms with van der Waals surface area (Å²) >= 11 is 0. The summed E-state index contributed by atoms with van der Waals surface area (Å²) in [6.45, 7) is 0. The first kappa shape index (κ1) is 8.91. The van der Waals surface area contributed by atoms with E-state index >= 15 is 0 Å². The summed E-state index contributed by atoms with van der Waals surface area (Å²) in [5.41, 5.74) is 1.74. The van der Waals surface area contributed by atoms with Crippen LogP contribution in [-0.2, 0) is 0 Å². The summed E-state index contributed by atoms with van der Waals surface area (Å²) < 4.78 is 1.89. The minimum atomic E-state index is 0.252. The van der Waals surface area contributed by atoms with Gasteiger partial charge in [-0.15, -0.1) is 0 Å². The monoisotopic (exact) mass is 211 g/mol. The first-order chi connectivity index (χ1) is 7.84. The number of benzene rings is 1. The Morgan fingerprint density at radius 3 is 2.88 bits per heavy atom. The lowest BCUT2D eigenvalue weighted by molar-refractivity contribution is 0.481. The van der Waals surface area contributed by atoms with Crippen molar-refractivity contribution in [1.82, 2.24) is 14.5 Å². The molecule has 4 heteroatoms. The lowest BCUT2D eigenvalue weighted by atomic mass is 10.2. The number of aromatic nitrogens is 3. The second-order valence-corrected chi connectivity index (χ2v) is 3.50. The van der Waals surface area contributed by atoms with Gasteiger partial charge in [-0.1, -0.05) is 0 Å². The smallest absolute Gasteiger partial charge is 0.126 e. The largest absolute Gasteiger partial charge is 0.507 e. The summed E-state index contributed by atoms with van der Waals surface area (Å²) in [5.74, 6) is 0.252. The molecule has 1 N–H and O–H groups in total. The van der Waals surface area contributed by atoms with Crippen LogP contribution in [0.25, 0.3) is 16.6 Å². The second-order valence-electron chi connectivity index (χ2n) is 3.50. The lowest BCUT2D eigenvalue weighted by Gasteiger charge is -2.04. The Labute approximate surface area is 91.8 Å². The first-order valence-electron chi connectivity index (χ1n) is 4.91. The van der Waals surface area contributed by atoms with E-state index in [-0.39, 0.29) is 5.75 Å². The molecule has 4 nitrogen and oxygen atoms in total. The van der Waals surface area contributed by atoms with Gasteiger partial charge in [-0.2, -0.15) is 0 Å². The molecular weight excluding hydrogens is 202 g/mol. The average Bonchev–Trinajstić information content (AvgIpc) is 2.82. The van der Waals surface area contributed by atoms with E-state index in [0.717, 1.165) is 16.6 Å². The fourth-order valence-electron chi connectivity index (χ4n) is 1.69. The van der Waals surface area contributed by atoms with Gasteiger partial charge in [0.05, 0.1) is 11.8 Å². The van der Waals surface area contributed by atoms with Crippen molar-refractivity contribution >= 4 is 10.9 Å². The maximum Gasteiger partial charge on any atom is 0.126 e. The van der Waals surface area contributed by atoms with Gasteiger partial charge >= 0.3 is 0 Å². The summed E-state index contributed by atoms with van der Waals surface area (Å²) in [4.78, 5) is 8.21. The van der Waals surface area contributed by atoms with E-state index in [0.29, 0.717) is 0 Å².